The molecule has 0 spiro atoms. The summed E-state index contributed by atoms with van der Waals surface area (Å²) in [7, 11) is 1.62. The molecule has 0 saturated carbocycles. The average Bonchev–Trinajstić information content (AvgIpc) is 3.33. The molecule has 176 valence electrons. The number of nitrogens with zero attached hydrogens (tertiary/aromatic N) is 2. The lowest BCUT2D eigenvalue weighted by atomic mass is 10.0. The molecular formula is C27H28FN3O3. The van der Waals surface area contributed by atoms with Gasteiger partial charge in [-0.25, -0.2) is 9.18 Å². The zero-order chi connectivity index (χ0) is 23.9. The highest BCUT2D eigenvalue weighted by Crippen LogP contribution is 2.25. The van der Waals surface area contributed by atoms with Crippen LogP contribution in [-0.4, -0.2) is 36.4 Å². The fourth-order valence-electron chi connectivity index (χ4n) is 3.87. The number of aryl methyl sites for hydroxylation is 1. The molecule has 7 heteroatoms. The van der Waals surface area contributed by atoms with Crippen LogP contribution < -0.4 is 10.1 Å². The van der Waals surface area contributed by atoms with E-state index in [1.165, 1.54) is 17.7 Å². The van der Waals surface area contributed by atoms with Crippen molar-refractivity contribution in [2.45, 2.75) is 32.4 Å². The van der Waals surface area contributed by atoms with E-state index in [1.54, 1.807) is 24.1 Å². The number of amides is 2. The highest BCUT2D eigenvalue weighted by molar-refractivity contribution is 6.03. The van der Waals surface area contributed by atoms with E-state index < -0.39 is 0 Å². The largest absolute Gasteiger partial charge is 0.496 e. The van der Waals surface area contributed by atoms with E-state index >= 15 is 0 Å². The monoisotopic (exact) mass is 461 g/mol. The fourth-order valence-corrected chi connectivity index (χ4v) is 3.87. The molecule has 34 heavy (non-hydrogen) atoms. The van der Waals surface area contributed by atoms with Crippen molar-refractivity contribution in [2.75, 3.05) is 19.0 Å². The van der Waals surface area contributed by atoms with Crippen LogP contribution in [0, 0.1) is 5.82 Å². The Morgan fingerprint density at radius 1 is 1.09 bits per heavy atom. The fraction of sp³-hybridized carbons (Fsp3) is 0.259. The zero-order valence-electron chi connectivity index (χ0n) is 19.3. The predicted molar refractivity (Wildman–Crippen MR) is 131 cm³/mol. The van der Waals surface area contributed by atoms with Crippen LogP contribution in [0.25, 0.3) is 0 Å². The molecule has 1 aliphatic rings. The Bertz CT molecular complexity index is 1150. The summed E-state index contributed by atoms with van der Waals surface area (Å²) < 4.78 is 18.8. The molecule has 6 nitrogen and oxygen atoms in total. The summed E-state index contributed by atoms with van der Waals surface area (Å²) in [5.74, 6) is 0.409. The third kappa shape index (κ3) is 5.73. The molecule has 4 rings (SSSR count). The number of para-hydroxylation sites is 1. The first-order valence-corrected chi connectivity index (χ1v) is 11.3. The molecule has 1 N–H and O–H groups in total. The number of carbonyl (C=O) groups excluding carboxylic acids is 1. The van der Waals surface area contributed by atoms with Crippen molar-refractivity contribution in [3.63, 3.8) is 0 Å². The van der Waals surface area contributed by atoms with Crippen LogP contribution in [0.15, 0.2) is 78.0 Å². The third-order valence-corrected chi connectivity index (χ3v) is 5.76. The normalized spacial score (nSPS) is 14.8. The summed E-state index contributed by atoms with van der Waals surface area (Å²) in [4.78, 5) is 20.6. The van der Waals surface area contributed by atoms with E-state index in [4.69, 9.17) is 9.57 Å². The molecule has 1 aliphatic heterocycles. The van der Waals surface area contributed by atoms with Gasteiger partial charge in [0.15, 0.2) is 6.10 Å². The van der Waals surface area contributed by atoms with Crippen LogP contribution in [0.1, 0.15) is 30.0 Å². The van der Waals surface area contributed by atoms with Crippen LogP contribution in [0.4, 0.5) is 14.9 Å². The number of methoxy groups -OCH3 is 1. The average molecular weight is 462 g/mol. The second kappa shape index (κ2) is 10.8. The van der Waals surface area contributed by atoms with Crippen molar-refractivity contribution < 1.29 is 18.8 Å². The number of carbonyl (C=O) groups is 1. The number of urea groups is 1. The number of ether oxygens (including phenoxy) is 1. The molecule has 3 aromatic carbocycles. The number of rotatable bonds is 8. The van der Waals surface area contributed by atoms with Crippen LogP contribution in [0.5, 0.6) is 5.75 Å². The van der Waals surface area contributed by atoms with Gasteiger partial charge in [-0.15, -0.1) is 0 Å². The van der Waals surface area contributed by atoms with E-state index in [-0.39, 0.29) is 18.0 Å². The first-order valence-electron chi connectivity index (χ1n) is 11.3. The summed E-state index contributed by atoms with van der Waals surface area (Å²) in [6, 6.07) is 21.3. The van der Waals surface area contributed by atoms with Crippen LogP contribution >= 0.6 is 0 Å². The summed E-state index contributed by atoms with van der Waals surface area (Å²) in [5.41, 5.74) is 4.38. The van der Waals surface area contributed by atoms with Gasteiger partial charge in [-0.05, 0) is 53.9 Å². The highest BCUT2D eigenvalue weighted by Gasteiger charge is 2.28. The maximum atomic E-state index is 13.4. The summed E-state index contributed by atoms with van der Waals surface area (Å²) in [6.07, 6.45) is 1.16. The molecule has 0 fully saturated rings. The Hall–Kier alpha value is -3.87. The molecule has 1 atom stereocenters. The molecule has 1 heterocycles. The van der Waals surface area contributed by atoms with Crippen molar-refractivity contribution in [3.8, 4) is 5.75 Å². The van der Waals surface area contributed by atoms with Gasteiger partial charge in [-0.3, -0.25) is 0 Å². The number of hydrogen-bond acceptors (Lipinski definition) is 4. The Balaban J connectivity index is 1.47. The minimum atomic E-state index is -0.315. The summed E-state index contributed by atoms with van der Waals surface area (Å²) >= 11 is 0. The van der Waals surface area contributed by atoms with E-state index in [0.717, 1.165) is 29.0 Å². The maximum absolute atomic E-state index is 13.4. The second-order valence-corrected chi connectivity index (χ2v) is 8.16. The zero-order valence-corrected chi connectivity index (χ0v) is 19.3. The van der Waals surface area contributed by atoms with Crippen LogP contribution in [0.2, 0.25) is 0 Å². The van der Waals surface area contributed by atoms with E-state index in [0.29, 0.717) is 25.2 Å². The SMILES string of the molecule is CCc1ccc(NC(=O)N(Cc2ccc(F)cc2)CC2CC(c3ccccc3OC)=NO2)cc1. The van der Waals surface area contributed by atoms with Gasteiger partial charge in [0.2, 0.25) is 0 Å². The van der Waals surface area contributed by atoms with E-state index in [9.17, 15) is 9.18 Å². The molecule has 0 saturated heterocycles. The highest BCUT2D eigenvalue weighted by atomic mass is 19.1. The Kier molecular flexibility index (Phi) is 7.42. The number of benzene rings is 3. The molecule has 3 aromatic rings. The molecule has 0 aliphatic carbocycles. The molecule has 0 bridgehead atoms. The number of nitrogens with one attached hydrogen (secondary N) is 1. The summed E-state index contributed by atoms with van der Waals surface area (Å²) in [5, 5.41) is 7.22. The van der Waals surface area contributed by atoms with Gasteiger partial charge >= 0.3 is 6.03 Å². The lowest BCUT2D eigenvalue weighted by molar-refractivity contribution is 0.0608. The van der Waals surface area contributed by atoms with Crippen LogP contribution in [0.3, 0.4) is 0 Å². The van der Waals surface area contributed by atoms with Gasteiger partial charge in [0.05, 0.1) is 19.4 Å². The van der Waals surface area contributed by atoms with Gasteiger partial charge in [-0.1, -0.05) is 48.5 Å². The Labute approximate surface area is 199 Å². The van der Waals surface area contributed by atoms with Gasteiger partial charge in [0.25, 0.3) is 0 Å². The lowest BCUT2D eigenvalue weighted by Crippen LogP contribution is -2.40. The Morgan fingerprint density at radius 2 is 1.79 bits per heavy atom. The van der Waals surface area contributed by atoms with Gasteiger partial charge in [0.1, 0.15) is 11.6 Å². The number of oxime groups is 1. The van der Waals surface area contributed by atoms with E-state index in [1.807, 2.05) is 48.5 Å². The van der Waals surface area contributed by atoms with Gasteiger partial charge in [0, 0.05) is 24.2 Å². The standard InChI is InChI=1S/C27H28FN3O3/c1-3-19-10-14-22(15-11-19)29-27(32)31(17-20-8-12-21(28)13-9-20)18-23-16-25(30-34-23)24-6-4-5-7-26(24)33-2/h4-15,23H,3,16-18H2,1-2H3,(H,29,32). The van der Waals surface area contributed by atoms with Crippen molar-refractivity contribution in [2.24, 2.45) is 5.16 Å². The van der Waals surface area contributed by atoms with Crippen molar-refractivity contribution in [3.05, 3.63) is 95.3 Å². The summed E-state index contributed by atoms with van der Waals surface area (Å²) in [6.45, 7) is 2.71. The quantitative estimate of drug-likeness (QED) is 0.473. The molecule has 0 aromatic heterocycles. The van der Waals surface area contributed by atoms with E-state index in [2.05, 4.69) is 17.4 Å². The first kappa shape index (κ1) is 23.3. The smallest absolute Gasteiger partial charge is 0.322 e. The minimum absolute atomic E-state index is 0.261. The van der Waals surface area contributed by atoms with Crippen molar-refractivity contribution in [1.82, 2.24) is 4.90 Å². The Morgan fingerprint density at radius 3 is 2.50 bits per heavy atom. The number of anilines is 1. The predicted octanol–water partition coefficient (Wildman–Crippen LogP) is 5.62. The molecular weight excluding hydrogens is 433 g/mol. The number of hydrogen-bond donors (Lipinski definition) is 1. The van der Waals surface area contributed by atoms with Gasteiger partial charge in [-0.2, -0.15) is 0 Å². The van der Waals surface area contributed by atoms with Gasteiger partial charge < -0.3 is 19.8 Å². The first-order chi connectivity index (χ1) is 16.6. The van der Waals surface area contributed by atoms with Crippen molar-refractivity contribution >= 4 is 17.4 Å². The lowest BCUT2D eigenvalue weighted by Gasteiger charge is -2.25. The topological polar surface area (TPSA) is 63.2 Å². The van der Waals surface area contributed by atoms with Crippen LogP contribution in [-0.2, 0) is 17.8 Å². The third-order valence-electron chi connectivity index (χ3n) is 5.76. The minimum Gasteiger partial charge on any atom is -0.496 e. The molecule has 0 radical (unpaired) electrons. The number of halogens is 1. The molecule has 1 unspecified atom stereocenters. The molecule has 2 amide bonds. The second-order valence-electron chi connectivity index (χ2n) is 8.16. The van der Waals surface area contributed by atoms with Crippen molar-refractivity contribution in [1.29, 1.82) is 0 Å². The maximum Gasteiger partial charge on any atom is 0.322 e.